The molecule has 1 N–H and O–H groups in total. The molecule has 4 nitrogen and oxygen atoms in total. The zero-order valence-electron chi connectivity index (χ0n) is 12.9. The van der Waals surface area contributed by atoms with E-state index in [1.54, 1.807) is 0 Å². The van der Waals surface area contributed by atoms with Gasteiger partial charge in [0.25, 0.3) is 0 Å². The molecule has 0 fully saturated rings. The number of nitrogens with zero attached hydrogens (tertiary/aromatic N) is 3. The standard InChI is InChI=1S/C18H20N4/c1-12(2)22-18-14-8-4-3-7-13(14)11-19-16-10-6-5-9-15(16)17(18)20-21-22/h3-10,12,17-19H,11H2,1-2H3. The van der Waals surface area contributed by atoms with Crippen LogP contribution in [-0.2, 0) is 6.54 Å². The predicted octanol–water partition coefficient (Wildman–Crippen LogP) is 4.49. The van der Waals surface area contributed by atoms with E-state index in [-0.39, 0.29) is 12.1 Å². The molecular weight excluding hydrogens is 272 g/mol. The van der Waals surface area contributed by atoms with Crippen LogP contribution in [0.25, 0.3) is 0 Å². The third-order valence-corrected chi connectivity index (χ3v) is 4.51. The first-order valence-electron chi connectivity index (χ1n) is 7.85. The molecule has 2 aromatic rings. The first-order chi connectivity index (χ1) is 10.8. The van der Waals surface area contributed by atoms with Crippen molar-refractivity contribution in [2.45, 2.75) is 38.5 Å². The molecule has 112 valence electrons. The van der Waals surface area contributed by atoms with Gasteiger partial charge in [-0.2, -0.15) is 5.11 Å². The van der Waals surface area contributed by atoms with Gasteiger partial charge in [-0.05, 0) is 31.0 Å². The number of para-hydroxylation sites is 1. The van der Waals surface area contributed by atoms with E-state index in [4.69, 9.17) is 0 Å². The Morgan fingerprint density at radius 1 is 1.05 bits per heavy atom. The highest BCUT2D eigenvalue weighted by atomic mass is 15.6. The van der Waals surface area contributed by atoms with Gasteiger partial charge in [0.2, 0.25) is 0 Å². The third-order valence-electron chi connectivity index (χ3n) is 4.51. The fourth-order valence-electron chi connectivity index (χ4n) is 3.44. The van der Waals surface area contributed by atoms with Crippen molar-refractivity contribution < 1.29 is 0 Å². The number of nitrogens with one attached hydrogen (secondary N) is 1. The van der Waals surface area contributed by atoms with Crippen LogP contribution in [0, 0.1) is 0 Å². The van der Waals surface area contributed by atoms with Gasteiger partial charge < -0.3 is 5.32 Å². The number of hydrogen-bond donors (Lipinski definition) is 1. The topological polar surface area (TPSA) is 40.0 Å². The van der Waals surface area contributed by atoms with Crippen LogP contribution in [-0.4, -0.2) is 11.1 Å². The van der Waals surface area contributed by atoms with E-state index in [1.165, 1.54) is 16.7 Å². The van der Waals surface area contributed by atoms with Crippen molar-refractivity contribution >= 4 is 5.69 Å². The molecule has 2 atom stereocenters. The number of anilines is 1. The van der Waals surface area contributed by atoms with Crippen molar-refractivity contribution in [2.75, 3.05) is 5.32 Å². The number of hydrogen-bond acceptors (Lipinski definition) is 4. The Balaban J connectivity index is 1.90. The van der Waals surface area contributed by atoms with Gasteiger partial charge in [-0.15, -0.1) is 0 Å². The van der Waals surface area contributed by atoms with Crippen LogP contribution in [0.3, 0.4) is 0 Å². The first-order valence-corrected chi connectivity index (χ1v) is 7.85. The van der Waals surface area contributed by atoms with Gasteiger partial charge in [-0.25, -0.2) is 0 Å². The maximum absolute atomic E-state index is 4.61. The Kier molecular flexibility index (Phi) is 3.10. The lowest BCUT2D eigenvalue weighted by Crippen LogP contribution is -2.31. The molecule has 2 aliphatic heterocycles. The van der Waals surface area contributed by atoms with E-state index in [2.05, 4.69) is 83.0 Å². The average Bonchev–Trinajstić information content (AvgIpc) is 2.96. The van der Waals surface area contributed by atoms with E-state index in [9.17, 15) is 0 Å². The van der Waals surface area contributed by atoms with Crippen LogP contribution < -0.4 is 5.32 Å². The molecule has 2 aromatic carbocycles. The Hall–Kier alpha value is -2.36. The van der Waals surface area contributed by atoms with Crippen molar-refractivity contribution in [3.63, 3.8) is 0 Å². The molecule has 4 heteroatoms. The number of fused-ring (bicyclic) bond motifs is 5. The molecule has 4 rings (SSSR count). The molecule has 2 aliphatic rings. The Bertz CT molecular complexity index is 723. The van der Waals surface area contributed by atoms with E-state index in [0.717, 1.165) is 12.2 Å². The van der Waals surface area contributed by atoms with Gasteiger partial charge in [0.1, 0.15) is 12.1 Å². The third kappa shape index (κ3) is 1.98. The minimum atomic E-state index is 0.0487. The van der Waals surface area contributed by atoms with Gasteiger partial charge in [0.05, 0.1) is 0 Å². The van der Waals surface area contributed by atoms with Crippen molar-refractivity contribution in [2.24, 2.45) is 10.3 Å². The minimum Gasteiger partial charge on any atom is -0.381 e. The molecule has 2 unspecified atom stereocenters. The summed E-state index contributed by atoms with van der Waals surface area (Å²) >= 11 is 0. The zero-order valence-corrected chi connectivity index (χ0v) is 12.9. The zero-order chi connectivity index (χ0) is 15.1. The Morgan fingerprint density at radius 2 is 1.77 bits per heavy atom. The SMILES string of the molecule is CC(C)N1N=NC2c3ccccc3NCc3ccccc3C21. The summed E-state index contributed by atoms with van der Waals surface area (Å²) in [5.74, 6) is 0. The van der Waals surface area contributed by atoms with Crippen molar-refractivity contribution in [1.29, 1.82) is 0 Å². The van der Waals surface area contributed by atoms with E-state index < -0.39 is 0 Å². The molecule has 0 saturated carbocycles. The van der Waals surface area contributed by atoms with Crippen LogP contribution in [0.5, 0.6) is 0 Å². The summed E-state index contributed by atoms with van der Waals surface area (Å²) in [7, 11) is 0. The normalized spacial score (nSPS) is 22.4. The van der Waals surface area contributed by atoms with Crippen molar-refractivity contribution in [3.05, 3.63) is 65.2 Å². The number of benzene rings is 2. The quantitative estimate of drug-likeness (QED) is 0.841. The highest BCUT2D eigenvalue weighted by Gasteiger charge is 2.39. The smallest absolute Gasteiger partial charge is 0.126 e. The molecule has 0 saturated heterocycles. The van der Waals surface area contributed by atoms with Crippen LogP contribution in [0.4, 0.5) is 5.69 Å². The monoisotopic (exact) mass is 292 g/mol. The van der Waals surface area contributed by atoms with Crippen LogP contribution in [0.1, 0.15) is 42.6 Å². The molecule has 0 aromatic heterocycles. The summed E-state index contributed by atoms with van der Waals surface area (Å²) in [6.45, 7) is 5.18. The fraction of sp³-hybridized carbons (Fsp3) is 0.333. The second-order valence-corrected chi connectivity index (χ2v) is 6.21. The van der Waals surface area contributed by atoms with E-state index >= 15 is 0 Å². The highest BCUT2D eigenvalue weighted by Crippen LogP contribution is 2.47. The van der Waals surface area contributed by atoms with Crippen molar-refractivity contribution in [1.82, 2.24) is 5.01 Å². The minimum absolute atomic E-state index is 0.0487. The average molecular weight is 292 g/mol. The lowest BCUT2D eigenvalue weighted by molar-refractivity contribution is 0.173. The first kappa shape index (κ1) is 13.3. The summed E-state index contributed by atoms with van der Waals surface area (Å²) < 4.78 is 0. The van der Waals surface area contributed by atoms with Gasteiger partial charge in [-0.1, -0.05) is 47.7 Å². The van der Waals surface area contributed by atoms with E-state index in [1.807, 2.05) is 0 Å². The molecule has 0 spiro atoms. The molecule has 22 heavy (non-hydrogen) atoms. The second-order valence-electron chi connectivity index (χ2n) is 6.21. The molecule has 0 radical (unpaired) electrons. The largest absolute Gasteiger partial charge is 0.381 e. The molecule has 0 bridgehead atoms. The van der Waals surface area contributed by atoms with Crippen LogP contribution >= 0.6 is 0 Å². The van der Waals surface area contributed by atoms with Gasteiger partial charge in [0.15, 0.2) is 0 Å². The highest BCUT2D eigenvalue weighted by molar-refractivity contribution is 5.56. The number of rotatable bonds is 1. The van der Waals surface area contributed by atoms with Crippen molar-refractivity contribution in [3.8, 4) is 0 Å². The molecule has 2 heterocycles. The summed E-state index contributed by atoms with van der Waals surface area (Å²) in [4.78, 5) is 0. The van der Waals surface area contributed by atoms with Gasteiger partial charge in [-0.3, -0.25) is 5.01 Å². The summed E-state index contributed by atoms with van der Waals surface area (Å²) in [5.41, 5.74) is 5.05. The maximum atomic E-state index is 4.61. The summed E-state index contributed by atoms with van der Waals surface area (Å²) in [5, 5.41) is 14.8. The van der Waals surface area contributed by atoms with Gasteiger partial charge in [0, 0.05) is 23.8 Å². The molecular formula is C18H20N4. The second kappa shape index (κ2) is 5.13. The predicted molar refractivity (Wildman–Crippen MR) is 87.5 cm³/mol. The van der Waals surface area contributed by atoms with Crippen LogP contribution in [0.2, 0.25) is 0 Å². The lowest BCUT2D eigenvalue weighted by Gasteiger charge is -2.33. The Labute approximate surface area is 130 Å². The lowest BCUT2D eigenvalue weighted by atomic mass is 9.88. The van der Waals surface area contributed by atoms with E-state index in [0.29, 0.717) is 6.04 Å². The maximum Gasteiger partial charge on any atom is 0.126 e. The summed E-state index contributed by atoms with van der Waals surface area (Å²) in [6.07, 6.45) is 0. The van der Waals surface area contributed by atoms with Gasteiger partial charge >= 0.3 is 0 Å². The Morgan fingerprint density at radius 3 is 2.59 bits per heavy atom. The van der Waals surface area contributed by atoms with Crippen LogP contribution in [0.15, 0.2) is 58.9 Å². The molecule has 0 amide bonds. The fourth-order valence-corrected chi connectivity index (χ4v) is 3.44. The summed E-state index contributed by atoms with van der Waals surface area (Å²) in [6, 6.07) is 17.6. The molecule has 0 aliphatic carbocycles.